The number of fused-ring (bicyclic) bond motifs is 1. The molecule has 0 spiro atoms. The molecule has 3 rings (SSSR count). The van der Waals surface area contributed by atoms with Gasteiger partial charge < -0.3 is 9.09 Å². The number of alkyl halides is 1. The highest BCUT2D eigenvalue weighted by molar-refractivity contribution is 6.17. The number of hydrogen-bond donors (Lipinski definition) is 0. The van der Waals surface area contributed by atoms with Crippen molar-refractivity contribution < 1.29 is 8.91 Å². The molecule has 0 N–H and O–H groups in total. The van der Waals surface area contributed by atoms with E-state index in [9.17, 15) is 4.39 Å². The summed E-state index contributed by atoms with van der Waals surface area (Å²) in [5.41, 5.74) is 1.10. The van der Waals surface area contributed by atoms with E-state index in [0.29, 0.717) is 30.1 Å². The Morgan fingerprint density at radius 2 is 2.21 bits per heavy atom. The Kier molecular flexibility index (Phi) is 3.21. The van der Waals surface area contributed by atoms with Crippen LogP contribution >= 0.6 is 11.6 Å². The molecule has 1 aromatic carbocycles. The quantitative estimate of drug-likeness (QED) is 0.690. The van der Waals surface area contributed by atoms with Crippen molar-refractivity contribution >= 4 is 22.6 Å². The van der Waals surface area contributed by atoms with Gasteiger partial charge in [-0.15, -0.1) is 11.6 Å². The van der Waals surface area contributed by atoms with Crippen LogP contribution in [0.1, 0.15) is 11.6 Å². The highest BCUT2D eigenvalue weighted by Crippen LogP contribution is 2.21. The van der Waals surface area contributed by atoms with Crippen LogP contribution in [0.5, 0.6) is 0 Å². The van der Waals surface area contributed by atoms with E-state index in [0.717, 1.165) is 11.3 Å². The lowest BCUT2D eigenvalue weighted by molar-refractivity contribution is 0.376. The Morgan fingerprint density at radius 3 is 2.95 bits per heavy atom. The third-order valence-electron chi connectivity index (χ3n) is 2.93. The van der Waals surface area contributed by atoms with Crippen LogP contribution in [-0.4, -0.2) is 20.6 Å². The first-order valence-electron chi connectivity index (χ1n) is 5.88. The maximum absolute atomic E-state index is 13.8. The minimum Gasteiger partial charge on any atom is -0.359 e. The van der Waals surface area contributed by atoms with Crippen LogP contribution in [0.25, 0.3) is 11.0 Å². The Bertz CT molecular complexity index is 693. The minimum absolute atomic E-state index is 0.329. The average molecular weight is 280 g/mol. The van der Waals surface area contributed by atoms with Gasteiger partial charge in [0.25, 0.3) is 0 Å². The number of para-hydroxylation sites is 1. The fourth-order valence-electron chi connectivity index (χ4n) is 2.09. The van der Waals surface area contributed by atoms with Gasteiger partial charge >= 0.3 is 0 Å². The zero-order valence-corrected chi connectivity index (χ0v) is 10.8. The van der Waals surface area contributed by atoms with Crippen molar-refractivity contribution in [1.82, 2.24) is 14.7 Å². The van der Waals surface area contributed by atoms with Gasteiger partial charge in [0.1, 0.15) is 11.3 Å². The summed E-state index contributed by atoms with van der Waals surface area (Å²) in [7, 11) is 0. The average Bonchev–Trinajstić information content (AvgIpc) is 3.01. The van der Waals surface area contributed by atoms with Gasteiger partial charge in [0.2, 0.25) is 0 Å². The molecule has 0 aliphatic carbocycles. The lowest BCUT2D eigenvalue weighted by atomic mass is 10.3. The molecule has 0 saturated heterocycles. The summed E-state index contributed by atoms with van der Waals surface area (Å²) < 4.78 is 20.8. The smallest absolute Gasteiger partial charge is 0.156 e. The highest BCUT2D eigenvalue weighted by atomic mass is 35.5. The van der Waals surface area contributed by atoms with Gasteiger partial charge in [-0.25, -0.2) is 9.37 Å². The molecule has 0 atom stereocenters. The highest BCUT2D eigenvalue weighted by Gasteiger charge is 2.14. The molecule has 6 heteroatoms. The van der Waals surface area contributed by atoms with Gasteiger partial charge in [0.05, 0.1) is 18.3 Å². The van der Waals surface area contributed by atoms with Crippen molar-refractivity contribution in [3.8, 4) is 0 Å². The molecular formula is C13H11ClFN3O. The molecule has 2 aromatic heterocycles. The standard InChI is InChI=1S/C13H11ClFN3O/c14-6-4-12-17-13-10(15)2-1-3-11(13)18(12)8-9-5-7-16-19-9/h1-3,5,7H,4,6,8H2. The Balaban J connectivity index is 2.13. The predicted molar refractivity (Wildman–Crippen MR) is 69.7 cm³/mol. The minimum atomic E-state index is -0.329. The van der Waals surface area contributed by atoms with E-state index < -0.39 is 0 Å². The molecule has 0 saturated carbocycles. The van der Waals surface area contributed by atoms with Gasteiger partial charge in [0, 0.05) is 18.4 Å². The third kappa shape index (κ3) is 2.21. The zero-order chi connectivity index (χ0) is 13.2. The van der Waals surface area contributed by atoms with Crippen molar-refractivity contribution in [2.24, 2.45) is 0 Å². The van der Waals surface area contributed by atoms with E-state index in [2.05, 4.69) is 10.1 Å². The van der Waals surface area contributed by atoms with E-state index in [-0.39, 0.29) is 5.82 Å². The molecule has 0 aliphatic rings. The monoisotopic (exact) mass is 279 g/mol. The number of halogens is 2. The fraction of sp³-hybridized carbons (Fsp3) is 0.231. The van der Waals surface area contributed by atoms with Gasteiger partial charge in [-0.1, -0.05) is 11.2 Å². The largest absolute Gasteiger partial charge is 0.359 e. The maximum atomic E-state index is 13.8. The van der Waals surface area contributed by atoms with Crippen molar-refractivity contribution in [2.75, 3.05) is 5.88 Å². The van der Waals surface area contributed by atoms with Crippen molar-refractivity contribution in [1.29, 1.82) is 0 Å². The summed E-state index contributed by atoms with van der Waals surface area (Å²) >= 11 is 5.77. The molecule has 2 heterocycles. The number of aromatic nitrogens is 3. The van der Waals surface area contributed by atoms with E-state index in [1.165, 1.54) is 6.07 Å². The summed E-state index contributed by atoms with van der Waals surface area (Å²) in [6.07, 6.45) is 2.15. The molecule has 0 amide bonds. The van der Waals surface area contributed by atoms with Crippen molar-refractivity contribution in [2.45, 2.75) is 13.0 Å². The molecule has 0 fully saturated rings. The van der Waals surface area contributed by atoms with E-state index in [1.807, 2.05) is 10.6 Å². The third-order valence-corrected chi connectivity index (χ3v) is 3.12. The molecule has 0 unspecified atom stereocenters. The Hall–Kier alpha value is -1.88. The first-order chi connectivity index (χ1) is 9.29. The summed E-state index contributed by atoms with van der Waals surface area (Å²) in [5.74, 6) is 1.54. The number of benzene rings is 1. The topological polar surface area (TPSA) is 43.9 Å². The van der Waals surface area contributed by atoms with Crippen LogP contribution in [-0.2, 0) is 13.0 Å². The van der Waals surface area contributed by atoms with Gasteiger partial charge in [-0.3, -0.25) is 0 Å². The Morgan fingerprint density at radius 1 is 1.32 bits per heavy atom. The zero-order valence-electron chi connectivity index (χ0n) is 10.0. The van der Waals surface area contributed by atoms with Gasteiger partial charge in [-0.05, 0) is 12.1 Å². The van der Waals surface area contributed by atoms with Crippen LogP contribution in [0.2, 0.25) is 0 Å². The molecule has 4 nitrogen and oxygen atoms in total. The molecular weight excluding hydrogens is 269 g/mol. The first-order valence-corrected chi connectivity index (χ1v) is 6.42. The summed E-state index contributed by atoms with van der Waals surface area (Å²) in [6.45, 7) is 0.464. The second-order valence-corrected chi connectivity index (χ2v) is 4.52. The lowest BCUT2D eigenvalue weighted by Gasteiger charge is -2.05. The second kappa shape index (κ2) is 5.01. The van der Waals surface area contributed by atoms with Crippen LogP contribution in [0, 0.1) is 5.82 Å². The number of imidazole rings is 1. The predicted octanol–water partition coefficient (Wildman–Crippen LogP) is 2.99. The molecule has 0 radical (unpaired) electrons. The Labute approximate surface area is 113 Å². The fourth-order valence-corrected chi connectivity index (χ4v) is 2.26. The van der Waals surface area contributed by atoms with E-state index in [1.54, 1.807) is 18.3 Å². The first kappa shape index (κ1) is 12.2. The van der Waals surface area contributed by atoms with Crippen molar-refractivity contribution in [3.05, 3.63) is 47.9 Å². The second-order valence-electron chi connectivity index (χ2n) is 4.14. The van der Waals surface area contributed by atoms with Crippen molar-refractivity contribution in [3.63, 3.8) is 0 Å². The van der Waals surface area contributed by atoms with Gasteiger partial charge in [0.15, 0.2) is 11.6 Å². The molecule has 3 aromatic rings. The summed E-state index contributed by atoms with van der Waals surface area (Å²) in [6, 6.07) is 6.68. The maximum Gasteiger partial charge on any atom is 0.156 e. The normalized spacial score (nSPS) is 11.3. The van der Waals surface area contributed by atoms with Crippen LogP contribution in [0.3, 0.4) is 0 Å². The number of nitrogens with zero attached hydrogens (tertiary/aromatic N) is 3. The lowest BCUT2D eigenvalue weighted by Crippen LogP contribution is -2.05. The van der Waals surface area contributed by atoms with Crippen LogP contribution in [0.15, 0.2) is 35.0 Å². The molecule has 0 bridgehead atoms. The number of hydrogen-bond acceptors (Lipinski definition) is 3. The molecule has 19 heavy (non-hydrogen) atoms. The van der Waals surface area contributed by atoms with Gasteiger partial charge in [-0.2, -0.15) is 0 Å². The molecule has 0 aliphatic heterocycles. The summed E-state index contributed by atoms with van der Waals surface area (Å²) in [4.78, 5) is 4.32. The van der Waals surface area contributed by atoms with Crippen LogP contribution in [0.4, 0.5) is 4.39 Å². The SMILES string of the molecule is Fc1cccc2c1nc(CCCl)n2Cc1ccno1. The molecule has 98 valence electrons. The number of rotatable bonds is 4. The van der Waals surface area contributed by atoms with E-state index >= 15 is 0 Å². The summed E-state index contributed by atoms with van der Waals surface area (Å²) in [5, 5.41) is 3.67. The van der Waals surface area contributed by atoms with E-state index in [4.69, 9.17) is 16.1 Å². The number of aryl methyl sites for hydroxylation is 1. The van der Waals surface area contributed by atoms with Crippen LogP contribution < -0.4 is 0 Å².